The van der Waals surface area contributed by atoms with Gasteiger partial charge in [0.2, 0.25) is 5.91 Å². The second-order valence-corrected chi connectivity index (χ2v) is 6.62. The second-order valence-electron chi connectivity index (χ2n) is 6.62. The standard InChI is InChI=1S/C20H18F4N2O4/c1-29-15-8-3-12(9-16(15)30-2)10-18(27)26-19(28,11-17(25-26)20(22,23)24)13-4-6-14(21)7-5-13/h3-9,28H,10-11H2,1-2H3. The van der Waals surface area contributed by atoms with Crippen LogP contribution in [0.3, 0.4) is 0 Å². The minimum absolute atomic E-state index is 0.0902. The van der Waals surface area contributed by atoms with Gasteiger partial charge in [0.15, 0.2) is 17.2 Å². The summed E-state index contributed by atoms with van der Waals surface area (Å²) in [5, 5.41) is 14.8. The number of hydrogen-bond donors (Lipinski definition) is 1. The Morgan fingerprint density at radius 1 is 1.13 bits per heavy atom. The highest BCUT2D eigenvalue weighted by Gasteiger charge is 2.52. The summed E-state index contributed by atoms with van der Waals surface area (Å²) in [6.45, 7) is 0. The molecule has 30 heavy (non-hydrogen) atoms. The third-order valence-corrected chi connectivity index (χ3v) is 4.66. The maximum Gasteiger partial charge on any atom is 0.431 e. The predicted molar refractivity (Wildman–Crippen MR) is 98.5 cm³/mol. The summed E-state index contributed by atoms with van der Waals surface area (Å²) in [6.07, 6.45) is -6.18. The van der Waals surface area contributed by atoms with Gasteiger partial charge >= 0.3 is 6.18 Å². The maximum atomic E-state index is 13.3. The molecule has 1 amide bonds. The summed E-state index contributed by atoms with van der Waals surface area (Å²) >= 11 is 0. The molecule has 0 bridgehead atoms. The van der Waals surface area contributed by atoms with Crippen molar-refractivity contribution in [1.82, 2.24) is 5.01 Å². The lowest BCUT2D eigenvalue weighted by Gasteiger charge is -2.31. The number of carbonyl (C=O) groups excluding carboxylic acids is 1. The Bertz CT molecular complexity index is 976. The topological polar surface area (TPSA) is 71.4 Å². The lowest BCUT2D eigenvalue weighted by Crippen LogP contribution is -2.44. The van der Waals surface area contributed by atoms with E-state index >= 15 is 0 Å². The first-order valence-corrected chi connectivity index (χ1v) is 8.75. The van der Waals surface area contributed by atoms with E-state index in [-0.39, 0.29) is 12.0 Å². The van der Waals surface area contributed by atoms with Gasteiger partial charge in [-0.3, -0.25) is 4.79 Å². The third-order valence-electron chi connectivity index (χ3n) is 4.66. The molecule has 0 saturated carbocycles. The largest absolute Gasteiger partial charge is 0.493 e. The second kappa shape index (κ2) is 7.94. The SMILES string of the molecule is COc1ccc(CC(=O)N2N=C(C(F)(F)F)CC2(O)c2ccc(F)cc2)cc1OC. The van der Waals surface area contributed by atoms with E-state index in [0.29, 0.717) is 22.1 Å². The van der Waals surface area contributed by atoms with Gasteiger partial charge in [0.05, 0.1) is 27.1 Å². The molecule has 0 spiro atoms. The molecule has 3 rings (SSSR count). The van der Waals surface area contributed by atoms with E-state index in [2.05, 4.69) is 5.10 Å². The Morgan fingerprint density at radius 3 is 2.33 bits per heavy atom. The van der Waals surface area contributed by atoms with Gasteiger partial charge in [0, 0.05) is 5.56 Å². The number of aliphatic hydroxyl groups is 1. The average molecular weight is 426 g/mol. The summed E-state index contributed by atoms with van der Waals surface area (Å²) in [7, 11) is 2.83. The van der Waals surface area contributed by atoms with Gasteiger partial charge in [-0.2, -0.15) is 23.3 Å². The number of nitrogens with zero attached hydrogens (tertiary/aromatic N) is 2. The number of amides is 1. The number of methoxy groups -OCH3 is 2. The molecule has 0 aromatic heterocycles. The summed E-state index contributed by atoms with van der Waals surface area (Å²) < 4.78 is 63.3. The van der Waals surface area contributed by atoms with Crippen LogP contribution < -0.4 is 9.47 Å². The Labute approximate surface area is 169 Å². The molecule has 1 N–H and O–H groups in total. The van der Waals surface area contributed by atoms with Crippen molar-refractivity contribution in [2.24, 2.45) is 5.10 Å². The predicted octanol–water partition coefficient (Wildman–Crippen LogP) is 3.38. The molecule has 1 unspecified atom stereocenters. The molecular formula is C20H18F4N2O4. The summed E-state index contributed by atoms with van der Waals surface area (Å²) in [5.41, 5.74) is -3.39. The van der Waals surface area contributed by atoms with Crippen molar-refractivity contribution in [2.75, 3.05) is 14.2 Å². The molecule has 160 valence electrons. The fourth-order valence-electron chi connectivity index (χ4n) is 3.15. The van der Waals surface area contributed by atoms with Crippen LogP contribution in [0.15, 0.2) is 47.6 Å². The van der Waals surface area contributed by atoms with E-state index in [1.165, 1.54) is 20.3 Å². The number of rotatable bonds is 5. The highest BCUT2D eigenvalue weighted by Crippen LogP contribution is 2.40. The van der Waals surface area contributed by atoms with Crippen LogP contribution in [0.5, 0.6) is 11.5 Å². The summed E-state index contributed by atoms with van der Waals surface area (Å²) in [5.74, 6) is -0.777. The Balaban J connectivity index is 1.95. The van der Waals surface area contributed by atoms with Gasteiger partial charge in [-0.15, -0.1) is 0 Å². The first-order chi connectivity index (χ1) is 14.1. The van der Waals surface area contributed by atoms with Crippen molar-refractivity contribution in [1.29, 1.82) is 0 Å². The van der Waals surface area contributed by atoms with Crippen molar-refractivity contribution >= 4 is 11.6 Å². The molecule has 0 radical (unpaired) electrons. The number of ether oxygens (including phenoxy) is 2. The first-order valence-electron chi connectivity index (χ1n) is 8.75. The Morgan fingerprint density at radius 2 is 1.77 bits per heavy atom. The van der Waals surface area contributed by atoms with E-state index < -0.39 is 35.8 Å². The van der Waals surface area contributed by atoms with E-state index in [9.17, 15) is 27.5 Å². The maximum absolute atomic E-state index is 13.3. The van der Waals surface area contributed by atoms with Crippen LogP contribution in [0.1, 0.15) is 17.5 Å². The summed E-state index contributed by atoms with van der Waals surface area (Å²) in [4.78, 5) is 12.8. The zero-order valence-electron chi connectivity index (χ0n) is 16.0. The molecule has 1 heterocycles. The molecule has 1 aliphatic rings. The number of hydrogen-bond acceptors (Lipinski definition) is 5. The molecule has 1 atom stereocenters. The van der Waals surface area contributed by atoms with E-state index in [0.717, 1.165) is 24.3 Å². The van der Waals surface area contributed by atoms with Crippen molar-refractivity contribution in [2.45, 2.75) is 24.7 Å². The first kappa shape index (κ1) is 21.6. The fourth-order valence-corrected chi connectivity index (χ4v) is 3.15. The molecule has 0 fully saturated rings. The van der Waals surface area contributed by atoms with Crippen LogP contribution in [0.2, 0.25) is 0 Å². The third kappa shape index (κ3) is 4.09. The highest BCUT2D eigenvalue weighted by molar-refractivity contribution is 5.95. The number of halogens is 4. The van der Waals surface area contributed by atoms with Gasteiger partial charge in [0.25, 0.3) is 0 Å². The molecule has 0 aliphatic carbocycles. The zero-order chi connectivity index (χ0) is 22.1. The molecular weight excluding hydrogens is 408 g/mol. The van der Waals surface area contributed by atoms with Crippen LogP contribution in [0.25, 0.3) is 0 Å². The smallest absolute Gasteiger partial charge is 0.431 e. The number of hydrazone groups is 1. The fraction of sp³-hybridized carbons (Fsp3) is 0.300. The van der Waals surface area contributed by atoms with Crippen LogP contribution in [0, 0.1) is 5.82 Å². The number of carbonyl (C=O) groups is 1. The van der Waals surface area contributed by atoms with E-state index in [1.54, 1.807) is 12.1 Å². The van der Waals surface area contributed by atoms with Gasteiger partial charge in [0.1, 0.15) is 11.5 Å². The van der Waals surface area contributed by atoms with Crippen LogP contribution in [-0.2, 0) is 16.9 Å². The monoisotopic (exact) mass is 426 g/mol. The van der Waals surface area contributed by atoms with Crippen molar-refractivity contribution in [3.63, 3.8) is 0 Å². The van der Waals surface area contributed by atoms with Crippen LogP contribution in [0.4, 0.5) is 17.6 Å². The van der Waals surface area contributed by atoms with Crippen molar-refractivity contribution in [3.8, 4) is 11.5 Å². The van der Waals surface area contributed by atoms with Crippen LogP contribution >= 0.6 is 0 Å². The van der Waals surface area contributed by atoms with Crippen molar-refractivity contribution < 1.29 is 36.9 Å². The minimum atomic E-state index is -4.84. The van der Waals surface area contributed by atoms with Gasteiger partial charge in [-0.05, 0) is 29.8 Å². The van der Waals surface area contributed by atoms with Gasteiger partial charge in [-0.25, -0.2) is 4.39 Å². The van der Waals surface area contributed by atoms with Gasteiger partial charge in [-0.1, -0.05) is 18.2 Å². The molecule has 2 aromatic rings. The Kier molecular flexibility index (Phi) is 5.71. The molecule has 0 saturated heterocycles. The quantitative estimate of drug-likeness (QED) is 0.745. The highest BCUT2D eigenvalue weighted by atomic mass is 19.4. The van der Waals surface area contributed by atoms with Crippen LogP contribution in [-0.4, -0.2) is 42.1 Å². The van der Waals surface area contributed by atoms with Gasteiger partial charge < -0.3 is 14.6 Å². The lowest BCUT2D eigenvalue weighted by molar-refractivity contribution is -0.157. The average Bonchev–Trinajstić information content (AvgIpc) is 3.07. The Hall–Kier alpha value is -3.14. The zero-order valence-corrected chi connectivity index (χ0v) is 16.0. The minimum Gasteiger partial charge on any atom is -0.493 e. The molecule has 1 aliphatic heterocycles. The molecule has 6 nitrogen and oxygen atoms in total. The van der Waals surface area contributed by atoms with E-state index in [1.807, 2.05) is 0 Å². The summed E-state index contributed by atoms with van der Waals surface area (Å²) in [6, 6.07) is 8.77. The molecule has 10 heteroatoms. The normalized spacial score (nSPS) is 18.9. The number of benzene rings is 2. The van der Waals surface area contributed by atoms with E-state index in [4.69, 9.17) is 9.47 Å². The molecule has 2 aromatic carbocycles. The van der Waals surface area contributed by atoms with Crippen molar-refractivity contribution in [3.05, 3.63) is 59.4 Å². The lowest BCUT2D eigenvalue weighted by atomic mass is 9.96. The number of alkyl halides is 3.